The van der Waals surface area contributed by atoms with Crippen LogP contribution in [0.3, 0.4) is 0 Å². The van der Waals surface area contributed by atoms with Gasteiger partial charge in [-0.15, -0.1) is 0 Å². The van der Waals surface area contributed by atoms with Crippen LogP contribution in [0.25, 0.3) is 0 Å². The molecule has 0 spiro atoms. The number of carboxylic acid groups (broad SMARTS) is 1. The number of nitrogens with zero attached hydrogens (tertiary/aromatic N) is 3. The molecule has 0 bridgehead atoms. The maximum Gasteiger partial charge on any atom is 0.326 e. The van der Waals surface area contributed by atoms with Crippen LogP contribution in [0.15, 0.2) is 29.3 Å². The molecule has 1 aliphatic heterocycles. The number of aliphatic hydroxyl groups excluding tert-OH is 1. The van der Waals surface area contributed by atoms with Crippen LogP contribution >= 0.6 is 0 Å². The number of hydrogen-bond donors (Lipinski definition) is 18. The van der Waals surface area contributed by atoms with E-state index in [2.05, 4.69) is 57.5 Å². The molecule has 10 atom stereocenters. The second kappa shape index (κ2) is 36.8. The number of aromatic nitrogens is 2. The Bertz CT molecular complexity index is 2250. The van der Waals surface area contributed by atoms with Crippen LogP contribution in [0.1, 0.15) is 104 Å². The zero-order chi connectivity index (χ0) is 59.9. The van der Waals surface area contributed by atoms with Crippen LogP contribution in [0.2, 0.25) is 0 Å². The van der Waals surface area contributed by atoms with Gasteiger partial charge in [-0.05, 0) is 96.7 Å². The third kappa shape index (κ3) is 24.0. The van der Waals surface area contributed by atoms with Crippen LogP contribution in [-0.2, 0) is 54.4 Å². The lowest BCUT2D eigenvalue weighted by Gasteiger charge is -2.30. The number of likely N-dealkylation sites (tertiary alicyclic amines) is 1. The van der Waals surface area contributed by atoms with Crippen molar-refractivity contribution >= 4 is 65.1 Å². The van der Waals surface area contributed by atoms with E-state index in [0.717, 1.165) is 0 Å². The minimum absolute atomic E-state index is 0.00846. The van der Waals surface area contributed by atoms with Gasteiger partial charge in [-0.2, -0.15) is 0 Å². The molecular formula is C49H87N19O12. The first-order valence-corrected chi connectivity index (χ1v) is 26.9. The number of nitrogens with one attached hydrogen (secondary N) is 9. The second-order valence-electron chi connectivity index (χ2n) is 19.4. The standard InChI is InChI=1S/C49H87N19O12/c1-4-27(2)38(48(79)80)66-43(74)32(15-10-20-58-49(55)56)63-42(73)31(13-6-8-18-51)64-44(75)34(22-29-24-57-26-60-29)65-45(76)35-16-11-21-68(35)47(78)33(14-9-19-52)62-37(70)25-59-40(71)28(3)61-46(77)39(36(69)23-53)67-41(72)30(54)12-5-7-17-50/h15,24,26-28,30-31,33-36,38-39,69H,4-14,16-23,25,50-54H2,1-3H3,(H,57,60)(H,59,71)(H,61,77)(H,62,70)(H,63,73)(H,64,75)(H,65,76)(H,66,74)(H,67,72)(H,79,80)(H4,55,56,58)/b32-15-/t27-,28+,30+,31+,33-,34+,35+,36+,38-,39+/m1/s1. The van der Waals surface area contributed by atoms with Gasteiger partial charge in [0.1, 0.15) is 48.0 Å². The fourth-order valence-corrected chi connectivity index (χ4v) is 8.24. The van der Waals surface area contributed by atoms with E-state index in [4.69, 9.17) is 40.1 Å². The predicted molar refractivity (Wildman–Crippen MR) is 293 cm³/mol. The van der Waals surface area contributed by atoms with E-state index in [9.17, 15) is 58.2 Å². The van der Waals surface area contributed by atoms with Crippen molar-refractivity contribution in [1.82, 2.24) is 57.4 Å². The van der Waals surface area contributed by atoms with Gasteiger partial charge in [0.15, 0.2) is 5.96 Å². The number of aromatic amines is 1. The van der Waals surface area contributed by atoms with Crippen LogP contribution in [-0.4, -0.2) is 190 Å². The first kappa shape index (κ1) is 68.8. The van der Waals surface area contributed by atoms with Crippen molar-refractivity contribution in [2.75, 3.05) is 45.8 Å². The van der Waals surface area contributed by atoms with Crippen LogP contribution in [0.5, 0.6) is 0 Å². The molecule has 2 rings (SSSR count). The average molecular weight is 1130 g/mol. The molecule has 0 aliphatic carbocycles. The smallest absolute Gasteiger partial charge is 0.326 e. The summed E-state index contributed by atoms with van der Waals surface area (Å²) in [6, 6.07) is -10.3. The molecule has 1 aromatic rings. The van der Waals surface area contributed by atoms with E-state index in [1.165, 1.54) is 30.4 Å². The fourth-order valence-electron chi connectivity index (χ4n) is 8.24. The zero-order valence-electron chi connectivity index (χ0n) is 46.0. The largest absolute Gasteiger partial charge is 0.480 e. The molecule has 1 aromatic heterocycles. The molecule has 31 nitrogen and oxygen atoms in total. The summed E-state index contributed by atoms with van der Waals surface area (Å²) in [7, 11) is 0. The normalized spacial score (nSPS) is 16.6. The van der Waals surface area contributed by atoms with Gasteiger partial charge in [-0.3, -0.25) is 48.1 Å². The molecule has 450 valence electrons. The maximum atomic E-state index is 14.3. The summed E-state index contributed by atoms with van der Waals surface area (Å²) < 4.78 is 0. The molecule has 1 saturated heterocycles. The molecule has 0 unspecified atom stereocenters. The van der Waals surface area contributed by atoms with Crippen molar-refractivity contribution in [3.8, 4) is 0 Å². The zero-order valence-corrected chi connectivity index (χ0v) is 46.0. The SMILES string of the molecule is CC[C@@H](C)[C@@H](NC(=O)/C(=C/CCN=C(N)N)NC(=O)[C@H](CCCCN)NC(=O)[C@H](Cc1cnc[nH]1)NC(=O)[C@@H]1CCCN1C(=O)[C@@H](CCCN)NC(=O)CNC(=O)[C@H](C)NC(=O)[C@@H](NC(=O)[C@@H](N)CCCCN)[C@@H](O)CN)C(=O)O. The van der Waals surface area contributed by atoms with Gasteiger partial charge in [-0.25, -0.2) is 9.78 Å². The van der Waals surface area contributed by atoms with E-state index < -0.39 is 133 Å². The number of rotatable bonds is 38. The Balaban J connectivity index is 2.30. The van der Waals surface area contributed by atoms with E-state index >= 15 is 0 Å². The highest BCUT2D eigenvalue weighted by atomic mass is 16.4. The monoisotopic (exact) mass is 1130 g/mol. The summed E-state index contributed by atoms with van der Waals surface area (Å²) in [6.45, 7) is 4.45. The van der Waals surface area contributed by atoms with Crippen molar-refractivity contribution in [1.29, 1.82) is 0 Å². The van der Waals surface area contributed by atoms with Crippen molar-refractivity contribution in [2.45, 2.75) is 159 Å². The summed E-state index contributed by atoms with van der Waals surface area (Å²) in [5.41, 5.74) is 39.5. The molecule has 80 heavy (non-hydrogen) atoms. The molecule has 31 heteroatoms. The van der Waals surface area contributed by atoms with E-state index in [0.29, 0.717) is 50.8 Å². The third-order valence-corrected chi connectivity index (χ3v) is 13.1. The van der Waals surface area contributed by atoms with Gasteiger partial charge in [0.05, 0.1) is 25.0 Å². The van der Waals surface area contributed by atoms with E-state index in [1.54, 1.807) is 13.8 Å². The van der Waals surface area contributed by atoms with Crippen molar-refractivity contribution in [3.63, 3.8) is 0 Å². The first-order chi connectivity index (χ1) is 38.0. The number of imidazole rings is 1. The van der Waals surface area contributed by atoms with Crippen molar-refractivity contribution in [3.05, 3.63) is 30.0 Å². The number of unbranched alkanes of at least 4 members (excludes halogenated alkanes) is 2. The molecule has 0 radical (unpaired) electrons. The molecule has 2 heterocycles. The number of carbonyl (C=O) groups excluding carboxylic acids is 9. The lowest BCUT2D eigenvalue weighted by Crippen LogP contribution is -2.60. The molecule has 1 fully saturated rings. The summed E-state index contributed by atoms with van der Waals surface area (Å²) >= 11 is 0. The van der Waals surface area contributed by atoms with Gasteiger partial charge in [0, 0.05) is 37.9 Å². The summed E-state index contributed by atoms with van der Waals surface area (Å²) in [5, 5.41) is 40.4. The predicted octanol–water partition coefficient (Wildman–Crippen LogP) is -6.57. The first-order valence-electron chi connectivity index (χ1n) is 26.9. The van der Waals surface area contributed by atoms with Crippen molar-refractivity contribution < 1.29 is 58.2 Å². The minimum Gasteiger partial charge on any atom is -0.480 e. The maximum absolute atomic E-state index is 14.3. The third-order valence-electron chi connectivity index (χ3n) is 13.1. The number of nitrogens with two attached hydrogens (primary N) is 7. The molecule has 0 saturated carbocycles. The van der Waals surface area contributed by atoms with Crippen molar-refractivity contribution in [2.24, 2.45) is 51.0 Å². The Kier molecular flexibility index (Phi) is 31.6. The van der Waals surface area contributed by atoms with Gasteiger partial charge < -0.3 is 103 Å². The number of aliphatic hydroxyl groups is 1. The van der Waals surface area contributed by atoms with E-state index in [1.807, 2.05) is 0 Å². The van der Waals surface area contributed by atoms with Crippen LogP contribution < -0.4 is 82.7 Å². The number of hydrogen-bond acceptors (Lipinski definition) is 18. The number of amides is 9. The highest BCUT2D eigenvalue weighted by Gasteiger charge is 2.40. The average Bonchev–Trinajstić information content (AvgIpc) is 4.15. The highest BCUT2D eigenvalue weighted by molar-refractivity contribution is 6.01. The molecule has 9 amide bonds. The Hall–Kier alpha value is -7.32. The summed E-state index contributed by atoms with van der Waals surface area (Å²) in [5.74, 6) is -9.37. The van der Waals surface area contributed by atoms with E-state index in [-0.39, 0.29) is 82.8 Å². The number of aliphatic imine (C=N–C) groups is 1. The number of carboxylic acids is 1. The number of guanidine groups is 1. The Morgan fingerprint density at radius 2 is 1.45 bits per heavy atom. The Morgan fingerprint density at radius 1 is 0.787 bits per heavy atom. The number of H-pyrrole nitrogens is 1. The second-order valence-corrected chi connectivity index (χ2v) is 19.4. The van der Waals surface area contributed by atoms with Crippen LogP contribution in [0, 0.1) is 5.92 Å². The van der Waals surface area contributed by atoms with Gasteiger partial charge in [0.25, 0.3) is 5.91 Å². The lowest BCUT2D eigenvalue weighted by atomic mass is 9.99. The quantitative estimate of drug-likeness (QED) is 0.0127. The summed E-state index contributed by atoms with van der Waals surface area (Å²) in [4.78, 5) is 147. The fraction of sp³-hybridized carbons (Fsp3) is 0.673. The van der Waals surface area contributed by atoms with Gasteiger partial charge >= 0.3 is 5.97 Å². The molecular weight excluding hydrogens is 1050 g/mol. The Morgan fingerprint density at radius 3 is 2.05 bits per heavy atom. The number of aliphatic carboxylic acids is 1. The highest BCUT2D eigenvalue weighted by Crippen LogP contribution is 2.21. The summed E-state index contributed by atoms with van der Waals surface area (Å²) in [6.07, 6.45) is 5.84. The Labute approximate surface area is 465 Å². The van der Waals surface area contributed by atoms with Crippen LogP contribution in [0.4, 0.5) is 0 Å². The molecule has 0 aromatic carbocycles. The van der Waals surface area contributed by atoms with Gasteiger partial charge in [-0.1, -0.05) is 32.8 Å². The molecule has 1 aliphatic rings. The topological polar surface area (TPSA) is 534 Å². The minimum atomic E-state index is -1.57. The van der Waals surface area contributed by atoms with Gasteiger partial charge in [0.2, 0.25) is 47.3 Å². The lowest BCUT2D eigenvalue weighted by molar-refractivity contribution is -0.143. The molecule has 25 N–H and O–H groups in total. The number of carbonyl (C=O) groups is 10.